The molecular weight excluding hydrogens is 236 g/mol. The maximum atomic E-state index is 6.04. The second-order valence-electron chi connectivity index (χ2n) is 6.01. The minimum absolute atomic E-state index is 0.103. The van der Waals surface area contributed by atoms with Gasteiger partial charge in [-0.15, -0.1) is 0 Å². The minimum Gasteiger partial charge on any atom is -0.492 e. The number of benzene rings is 1. The molecule has 0 radical (unpaired) electrons. The van der Waals surface area contributed by atoms with Crippen LogP contribution in [-0.4, -0.2) is 44.2 Å². The van der Waals surface area contributed by atoms with Gasteiger partial charge < -0.3 is 15.0 Å². The van der Waals surface area contributed by atoms with E-state index < -0.39 is 0 Å². The fourth-order valence-electron chi connectivity index (χ4n) is 2.87. The molecule has 1 atom stereocenters. The van der Waals surface area contributed by atoms with Gasteiger partial charge in [-0.2, -0.15) is 0 Å². The van der Waals surface area contributed by atoms with E-state index in [0.717, 1.165) is 25.4 Å². The van der Waals surface area contributed by atoms with Gasteiger partial charge in [-0.25, -0.2) is 0 Å². The smallest absolute Gasteiger partial charge is 0.119 e. The maximum absolute atomic E-state index is 6.04. The molecule has 0 saturated carbocycles. The van der Waals surface area contributed by atoms with Crippen LogP contribution in [0.3, 0.4) is 0 Å². The number of nitrogens with one attached hydrogen (secondary N) is 1. The van der Waals surface area contributed by atoms with Crippen molar-refractivity contribution < 1.29 is 4.74 Å². The van der Waals surface area contributed by atoms with E-state index in [4.69, 9.17) is 4.74 Å². The molecule has 1 aromatic rings. The van der Waals surface area contributed by atoms with Crippen LogP contribution in [-0.2, 0) is 0 Å². The maximum Gasteiger partial charge on any atom is 0.119 e. The summed E-state index contributed by atoms with van der Waals surface area (Å²) in [5.74, 6) is 0.977. The summed E-state index contributed by atoms with van der Waals surface area (Å²) in [7, 11) is 4.26. The summed E-state index contributed by atoms with van der Waals surface area (Å²) in [6.07, 6.45) is 3.76. The molecule has 2 rings (SSSR count). The molecule has 106 valence electrons. The van der Waals surface area contributed by atoms with E-state index >= 15 is 0 Å². The Labute approximate surface area is 116 Å². The number of nitrogens with zero attached hydrogens (tertiary/aromatic N) is 1. The van der Waals surface area contributed by atoms with Crippen molar-refractivity contribution in [1.29, 1.82) is 0 Å². The largest absolute Gasteiger partial charge is 0.492 e. The lowest BCUT2D eigenvalue weighted by Crippen LogP contribution is -2.58. The molecule has 1 saturated heterocycles. The molecule has 19 heavy (non-hydrogen) atoms. The fourth-order valence-corrected chi connectivity index (χ4v) is 2.87. The highest BCUT2D eigenvalue weighted by atomic mass is 16.5. The first-order valence-corrected chi connectivity index (χ1v) is 7.19. The third-order valence-electron chi connectivity index (χ3n) is 3.71. The highest BCUT2D eigenvalue weighted by Crippen LogP contribution is 2.22. The first-order valence-electron chi connectivity index (χ1n) is 7.19. The summed E-state index contributed by atoms with van der Waals surface area (Å²) in [5.41, 5.74) is 1.35. The van der Waals surface area contributed by atoms with Gasteiger partial charge in [0.1, 0.15) is 12.4 Å². The Bertz CT molecular complexity index is 397. The van der Waals surface area contributed by atoms with Crippen LogP contribution in [0.5, 0.6) is 5.75 Å². The Morgan fingerprint density at radius 1 is 1.32 bits per heavy atom. The Hall–Kier alpha value is -1.06. The van der Waals surface area contributed by atoms with E-state index in [2.05, 4.69) is 49.4 Å². The third-order valence-corrected chi connectivity index (χ3v) is 3.71. The quantitative estimate of drug-likeness (QED) is 0.882. The highest BCUT2D eigenvalue weighted by Gasteiger charge is 2.33. The number of rotatable bonds is 5. The molecule has 0 aliphatic carbocycles. The molecule has 0 spiro atoms. The average Bonchev–Trinajstić information content (AvgIpc) is 2.37. The highest BCUT2D eigenvalue weighted by molar-refractivity contribution is 5.27. The van der Waals surface area contributed by atoms with E-state index in [1.54, 1.807) is 0 Å². The second kappa shape index (κ2) is 6.40. The van der Waals surface area contributed by atoms with E-state index in [1.165, 1.54) is 24.8 Å². The van der Waals surface area contributed by atoms with Crippen LogP contribution in [0.15, 0.2) is 24.3 Å². The summed E-state index contributed by atoms with van der Waals surface area (Å²) >= 11 is 0. The topological polar surface area (TPSA) is 24.5 Å². The number of hydrogen-bond donors (Lipinski definition) is 1. The third kappa shape index (κ3) is 4.22. The van der Waals surface area contributed by atoms with Gasteiger partial charge in [-0.05, 0) is 58.1 Å². The Morgan fingerprint density at radius 2 is 2.16 bits per heavy atom. The van der Waals surface area contributed by atoms with Crippen LogP contribution in [0, 0.1) is 6.92 Å². The summed E-state index contributed by atoms with van der Waals surface area (Å²) in [5, 5.41) is 3.68. The monoisotopic (exact) mass is 262 g/mol. The van der Waals surface area contributed by atoms with Crippen molar-refractivity contribution >= 4 is 0 Å². The molecule has 1 aliphatic heterocycles. The molecule has 1 fully saturated rings. The summed E-state index contributed by atoms with van der Waals surface area (Å²) in [6, 6.07) is 8.30. The number of piperidine rings is 1. The van der Waals surface area contributed by atoms with Crippen molar-refractivity contribution in [3.63, 3.8) is 0 Å². The SMILES string of the molecule is Cc1cccc(OCC2(CN(C)C)CCCCN2)c1. The van der Waals surface area contributed by atoms with Crippen molar-refractivity contribution in [3.05, 3.63) is 29.8 Å². The Balaban J connectivity index is 1.99. The second-order valence-corrected chi connectivity index (χ2v) is 6.01. The fraction of sp³-hybridized carbons (Fsp3) is 0.625. The lowest BCUT2D eigenvalue weighted by atomic mass is 9.89. The average molecular weight is 262 g/mol. The van der Waals surface area contributed by atoms with E-state index in [9.17, 15) is 0 Å². The van der Waals surface area contributed by atoms with Gasteiger partial charge in [0.25, 0.3) is 0 Å². The Morgan fingerprint density at radius 3 is 2.79 bits per heavy atom. The van der Waals surface area contributed by atoms with E-state index in [1.807, 2.05) is 6.07 Å². The molecule has 1 N–H and O–H groups in total. The zero-order chi connectivity index (χ0) is 13.7. The van der Waals surface area contributed by atoms with Crippen molar-refractivity contribution in [2.24, 2.45) is 0 Å². The number of ether oxygens (including phenoxy) is 1. The zero-order valence-electron chi connectivity index (χ0n) is 12.4. The van der Waals surface area contributed by atoms with Gasteiger partial charge in [0.15, 0.2) is 0 Å². The van der Waals surface area contributed by atoms with Gasteiger partial charge >= 0.3 is 0 Å². The number of likely N-dealkylation sites (N-methyl/N-ethyl adjacent to an activating group) is 1. The molecule has 3 heteroatoms. The van der Waals surface area contributed by atoms with Gasteiger partial charge in [-0.1, -0.05) is 18.6 Å². The lowest BCUT2D eigenvalue weighted by Gasteiger charge is -2.40. The van der Waals surface area contributed by atoms with Crippen molar-refractivity contribution in [1.82, 2.24) is 10.2 Å². The normalized spacial score (nSPS) is 23.6. The zero-order valence-corrected chi connectivity index (χ0v) is 12.4. The van der Waals surface area contributed by atoms with Crippen LogP contribution in [0.2, 0.25) is 0 Å². The standard InChI is InChI=1S/C16H26N2O/c1-14-7-6-8-15(11-14)19-13-16(12-18(2)3)9-4-5-10-17-16/h6-8,11,17H,4-5,9-10,12-13H2,1-3H3. The number of aryl methyl sites for hydroxylation is 1. The number of hydrogen-bond acceptors (Lipinski definition) is 3. The van der Waals surface area contributed by atoms with Gasteiger partial charge in [0.2, 0.25) is 0 Å². The van der Waals surface area contributed by atoms with E-state index in [-0.39, 0.29) is 5.54 Å². The molecule has 1 aliphatic rings. The van der Waals surface area contributed by atoms with Gasteiger partial charge in [0.05, 0.1) is 5.54 Å². The van der Waals surface area contributed by atoms with Crippen molar-refractivity contribution in [3.8, 4) is 5.75 Å². The molecule has 3 nitrogen and oxygen atoms in total. The summed E-state index contributed by atoms with van der Waals surface area (Å²) in [6.45, 7) is 4.97. The van der Waals surface area contributed by atoms with Gasteiger partial charge in [0, 0.05) is 6.54 Å². The van der Waals surface area contributed by atoms with Crippen LogP contribution in [0.4, 0.5) is 0 Å². The summed E-state index contributed by atoms with van der Waals surface area (Å²) in [4.78, 5) is 2.25. The predicted octanol–water partition coefficient (Wildman–Crippen LogP) is 2.45. The van der Waals surface area contributed by atoms with Gasteiger partial charge in [-0.3, -0.25) is 0 Å². The van der Waals surface area contributed by atoms with E-state index in [0.29, 0.717) is 0 Å². The van der Waals surface area contributed by atoms with Crippen molar-refractivity contribution in [2.75, 3.05) is 33.8 Å². The molecule has 1 heterocycles. The van der Waals surface area contributed by atoms with Crippen LogP contribution >= 0.6 is 0 Å². The molecule has 0 aromatic heterocycles. The molecule has 0 amide bonds. The first kappa shape index (κ1) is 14.4. The molecule has 0 bridgehead atoms. The summed E-state index contributed by atoms with van der Waals surface area (Å²) < 4.78 is 6.04. The van der Waals surface area contributed by atoms with Crippen LogP contribution in [0.1, 0.15) is 24.8 Å². The predicted molar refractivity (Wildman–Crippen MR) is 79.8 cm³/mol. The van der Waals surface area contributed by atoms with Crippen LogP contribution < -0.4 is 10.1 Å². The Kier molecular flexibility index (Phi) is 4.83. The molecular formula is C16H26N2O. The molecule has 1 aromatic carbocycles. The first-order chi connectivity index (χ1) is 9.10. The molecule has 1 unspecified atom stereocenters. The van der Waals surface area contributed by atoms with Crippen LogP contribution in [0.25, 0.3) is 0 Å². The minimum atomic E-state index is 0.103. The lowest BCUT2D eigenvalue weighted by molar-refractivity contribution is 0.116. The van der Waals surface area contributed by atoms with Crippen molar-refractivity contribution in [2.45, 2.75) is 31.7 Å².